The second-order valence-corrected chi connectivity index (χ2v) is 3.89. The Balaban J connectivity index is 2.33. The molecular formula is C11H9BrN2O. The van der Waals surface area contributed by atoms with Crippen molar-refractivity contribution >= 4 is 15.9 Å². The van der Waals surface area contributed by atoms with E-state index in [1.165, 1.54) is 0 Å². The number of hydrogen-bond acceptors (Lipinski definition) is 2. The van der Waals surface area contributed by atoms with E-state index in [1.807, 2.05) is 30.3 Å². The Morgan fingerprint density at radius 1 is 1.27 bits per heavy atom. The van der Waals surface area contributed by atoms with E-state index in [9.17, 15) is 4.79 Å². The summed E-state index contributed by atoms with van der Waals surface area (Å²) in [4.78, 5) is 15.5. The molecule has 2 rings (SSSR count). The van der Waals surface area contributed by atoms with E-state index >= 15 is 0 Å². The minimum absolute atomic E-state index is 0.110. The predicted molar refractivity (Wildman–Crippen MR) is 61.7 cm³/mol. The van der Waals surface area contributed by atoms with E-state index in [1.54, 1.807) is 17.0 Å². The molecule has 0 saturated heterocycles. The largest absolute Gasteiger partial charge is 0.307 e. The van der Waals surface area contributed by atoms with Gasteiger partial charge in [0.15, 0.2) is 4.60 Å². The normalized spacial score (nSPS) is 10.2. The highest BCUT2D eigenvalue weighted by Gasteiger charge is 2.01. The van der Waals surface area contributed by atoms with Gasteiger partial charge in [-0.05, 0) is 21.5 Å². The second-order valence-electron chi connectivity index (χ2n) is 3.14. The first kappa shape index (κ1) is 10.1. The monoisotopic (exact) mass is 264 g/mol. The molecule has 0 amide bonds. The van der Waals surface area contributed by atoms with Crippen molar-refractivity contribution < 1.29 is 0 Å². The molecule has 3 nitrogen and oxygen atoms in total. The van der Waals surface area contributed by atoms with Gasteiger partial charge >= 0.3 is 0 Å². The summed E-state index contributed by atoms with van der Waals surface area (Å²) in [6.07, 6.45) is 3.29. The zero-order chi connectivity index (χ0) is 10.7. The first-order chi connectivity index (χ1) is 7.27. The topological polar surface area (TPSA) is 34.9 Å². The van der Waals surface area contributed by atoms with E-state index < -0.39 is 0 Å². The van der Waals surface area contributed by atoms with Crippen LogP contribution in [0.15, 0.2) is 52.1 Å². The quantitative estimate of drug-likeness (QED) is 0.833. The third-order valence-electron chi connectivity index (χ3n) is 2.07. The van der Waals surface area contributed by atoms with Gasteiger partial charge in [0, 0.05) is 12.4 Å². The zero-order valence-corrected chi connectivity index (χ0v) is 9.52. The lowest BCUT2D eigenvalue weighted by Gasteiger charge is -2.04. The van der Waals surface area contributed by atoms with E-state index in [0.717, 1.165) is 5.56 Å². The molecule has 0 radical (unpaired) electrons. The van der Waals surface area contributed by atoms with E-state index in [4.69, 9.17) is 0 Å². The molecule has 0 fully saturated rings. The summed E-state index contributed by atoms with van der Waals surface area (Å²) in [5.74, 6) is 0. The fourth-order valence-corrected chi connectivity index (χ4v) is 1.67. The Morgan fingerprint density at radius 3 is 2.73 bits per heavy atom. The van der Waals surface area contributed by atoms with Crippen LogP contribution in [0.5, 0.6) is 0 Å². The highest BCUT2D eigenvalue weighted by Crippen LogP contribution is 2.01. The molecule has 1 aromatic carbocycles. The van der Waals surface area contributed by atoms with E-state index in [2.05, 4.69) is 20.9 Å². The minimum atomic E-state index is -0.110. The average molecular weight is 265 g/mol. The summed E-state index contributed by atoms with van der Waals surface area (Å²) in [6.45, 7) is 0.570. The minimum Gasteiger partial charge on any atom is -0.307 e. The fraction of sp³-hybridized carbons (Fsp3) is 0.0909. The maximum absolute atomic E-state index is 11.6. The fourth-order valence-electron chi connectivity index (χ4n) is 1.33. The van der Waals surface area contributed by atoms with Gasteiger partial charge in [-0.3, -0.25) is 4.79 Å². The van der Waals surface area contributed by atoms with Crippen LogP contribution in [0, 0.1) is 0 Å². The van der Waals surface area contributed by atoms with E-state index in [0.29, 0.717) is 11.1 Å². The number of halogens is 1. The Bertz CT molecular complexity index is 507. The first-order valence-corrected chi connectivity index (χ1v) is 5.31. The average Bonchev–Trinajstić information content (AvgIpc) is 2.26. The summed E-state index contributed by atoms with van der Waals surface area (Å²) in [6, 6.07) is 9.84. The Hall–Kier alpha value is -1.42. The summed E-state index contributed by atoms with van der Waals surface area (Å²) < 4.78 is 1.97. The molecule has 76 valence electrons. The highest BCUT2D eigenvalue weighted by atomic mass is 79.9. The van der Waals surface area contributed by atoms with Gasteiger partial charge in [0.2, 0.25) is 0 Å². The van der Waals surface area contributed by atoms with Crippen LogP contribution < -0.4 is 5.56 Å². The van der Waals surface area contributed by atoms with Crippen molar-refractivity contribution in [2.75, 3.05) is 0 Å². The van der Waals surface area contributed by atoms with Crippen LogP contribution in [-0.4, -0.2) is 9.55 Å². The van der Waals surface area contributed by atoms with Crippen LogP contribution in [0.3, 0.4) is 0 Å². The first-order valence-electron chi connectivity index (χ1n) is 4.52. The highest BCUT2D eigenvalue weighted by molar-refractivity contribution is 9.10. The Morgan fingerprint density at radius 2 is 2.00 bits per heavy atom. The van der Waals surface area contributed by atoms with Crippen molar-refractivity contribution in [1.29, 1.82) is 0 Å². The Labute approximate surface area is 95.5 Å². The van der Waals surface area contributed by atoms with Gasteiger partial charge in [0.25, 0.3) is 5.56 Å². The molecule has 0 N–H and O–H groups in total. The Kier molecular flexibility index (Phi) is 2.97. The van der Waals surface area contributed by atoms with Crippen molar-refractivity contribution in [2.24, 2.45) is 0 Å². The van der Waals surface area contributed by atoms with Gasteiger partial charge in [-0.1, -0.05) is 30.3 Å². The summed E-state index contributed by atoms with van der Waals surface area (Å²) in [7, 11) is 0. The molecule has 1 aromatic heterocycles. The van der Waals surface area contributed by atoms with Crippen molar-refractivity contribution in [3.05, 3.63) is 63.2 Å². The molecule has 2 aromatic rings. The number of hydrogen-bond donors (Lipinski definition) is 0. The summed E-state index contributed by atoms with van der Waals surface area (Å²) in [5.41, 5.74) is 0.985. The van der Waals surface area contributed by atoms with Gasteiger partial charge in [-0.15, -0.1) is 0 Å². The maximum atomic E-state index is 11.6. The molecule has 4 heteroatoms. The van der Waals surface area contributed by atoms with E-state index in [-0.39, 0.29) is 5.56 Å². The van der Waals surface area contributed by atoms with Crippen LogP contribution in [0.4, 0.5) is 0 Å². The smallest absolute Gasteiger partial charge is 0.283 e. The molecule has 0 bridgehead atoms. The number of benzene rings is 1. The molecule has 0 atom stereocenters. The summed E-state index contributed by atoms with van der Waals surface area (Å²) in [5, 5.41) is 0. The lowest BCUT2D eigenvalue weighted by molar-refractivity contribution is 0.741. The SMILES string of the molecule is O=c1c(Br)nccn1Cc1ccccc1. The van der Waals surface area contributed by atoms with Crippen molar-refractivity contribution in [2.45, 2.75) is 6.54 Å². The molecule has 0 spiro atoms. The molecule has 15 heavy (non-hydrogen) atoms. The van der Waals surface area contributed by atoms with Gasteiger partial charge in [0.05, 0.1) is 6.54 Å². The third kappa shape index (κ3) is 2.33. The maximum Gasteiger partial charge on any atom is 0.283 e. The molecule has 0 aliphatic carbocycles. The van der Waals surface area contributed by atoms with Crippen LogP contribution in [-0.2, 0) is 6.54 Å². The van der Waals surface area contributed by atoms with Gasteiger partial charge in [-0.25, -0.2) is 4.98 Å². The molecule has 0 aliphatic heterocycles. The van der Waals surface area contributed by atoms with Gasteiger partial charge in [0.1, 0.15) is 0 Å². The lowest BCUT2D eigenvalue weighted by atomic mass is 10.2. The standard InChI is InChI=1S/C11H9BrN2O/c12-10-11(15)14(7-6-13-10)8-9-4-2-1-3-5-9/h1-7H,8H2. The lowest BCUT2D eigenvalue weighted by Crippen LogP contribution is -2.21. The number of nitrogens with zero attached hydrogens (tertiary/aromatic N) is 2. The zero-order valence-electron chi connectivity index (χ0n) is 7.93. The summed E-state index contributed by atoms with van der Waals surface area (Å²) >= 11 is 3.11. The van der Waals surface area contributed by atoms with Crippen molar-refractivity contribution in [3.63, 3.8) is 0 Å². The van der Waals surface area contributed by atoms with Gasteiger partial charge < -0.3 is 4.57 Å². The van der Waals surface area contributed by atoms with Crippen molar-refractivity contribution in [3.8, 4) is 0 Å². The number of rotatable bonds is 2. The second kappa shape index (κ2) is 4.40. The molecule has 1 heterocycles. The van der Waals surface area contributed by atoms with Crippen LogP contribution >= 0.6 is 15.9 Å². The van der Waals surface area contributed by atoms with Crippen LogP contribution in [0.1, 0.15) is 5.56 Å². The molecule has 0 unspecified atom stereocenters. The molecule has 0 saturated carbocycles. The van der Waals surface area contributed by atoms with Crippen molar-refractivity contribution in [1.82, 2.24) is 9.55 Å². The molecule has 0 aliphatic rings. The van der Waals surface area contributed by atoms with Crippen LogP contribution in [0.25, 0.3) is 0 Å². The predicted octanol–water partition coefficient (Wildman–Crippen LogP) is 2.05. The van der Waals surface area contributed by atoms with Gasteiger partial charge in [-0.2, -0.15) is 0 Å². The third-order valence-corrected chi connectivity index (χ3v) is 2.61. The molecular weight excluding hydrogens is 256 g/mol. The van der Waals surface area contributed by atoms with Crippen LogP contribution in [0.2, 0.25) is 0 Å². The number of aromatic nitrogens is 2.